The van der Waals surface area contributed by atoms with Gasteiger partial charge in [0.15, 0.2) is 0 Å². The van der Waals surface area contributed by atoms with Crippen LogP contribution in [0.1, 0.15) is 13.8 Å². The molecule has 0 aliphatic heterocycles. The molecule has 0 saturated heterocycles. The zero-order chi connectivity index (χ0) is 17.1. The van der Waals surface area contributed by atoms with Gasteiger partial charge in [-0.25, -0.2) is 0 Å². The van der Waals surface area contributed by atoms with Gasteiger partial charge < -0.3 is 39.8 Å². The maximum Gasteiger partial charge on any atom is 0.321 e. The van der Waals surface area contributed by atoms with Crippen molar-refractivity contribution in [2.75, 3.05) is 24.0 Å². The standard InChI is InChI=1S/C5H11NO2S.C3H7NO2S.CH4S.CHS.CH4.H2S.Y/c1-9-3-2-4(6)5(7)8;4-2(1-7)3(5)6;2*1-2;;;/h4H,2-3,6H2,1H3,(H,7,8);2,7H,1,4H2,(H,5,6);2H,1H3;1H;1H4;1H2;/q;;;-1;;;. The number of hydrogen-bond acceptors (Lipinski definition) is 8. The third-order valence-corrected chi connectivity index (χ3v) is 2.50. The molecule has 0 spiro atoms. The first-order valence-corrected chi connectivity index (χ1v) is 8.50. The average Bonchev–Trinajstić information content (AvgIpc) is 2.48. The zero-order valence-electron chi connectivity index (χ0n) is 12.5. The van der Waals surface area contributed by atoms with E-state index in [0.717, 1.165) is 5.75 Å². The van der Waals surface area contributed by atoms with E-state index in [1.165, 1.54) is 0 Å². The molecule has 0 aromatic rings. The number of thiol groups is 2. The van der Waals surface area contributed by atoms with E-state index in [9.17, 15) is 9.59 Å². The second-order valence-electron chi connectivity index (χ2n) is 2.85. The Morgan fingerprint density at radius 2 is 1.48 bits per heavy atom. The fourth-order valence-corrected chi connectivity index (χ4v) is 1.09. The summed E-state index contributed by atoms with van der Waals surface area (Å²) in [6, 6.07) is -1.50. The minimum absolute atomic E-state index is 0. The molecule has 12 heteroatoms. The van der Waals surface area contributed by atoms with Crippen molar-refractivity contribution in [2.45, 2.75) is 25.9 Å². The van der Waals surface area contributed by atoms with E-state index in [1.807, 2.05) is 6.26 Å². The van der Waals surface area contributed by atoms with E-state index in [2.05, 4.69) is 43.3 Å². The van der Waals surface area contributed by atoms with Crippen LogP contribution in [0.25, 0.3) is 0 Å². The van der Waals surface area contributed by atoms with Crippen LogP contribution in [-0.4, -0.2) is 64.1 Å². The molecule has 0 saturated carbocycles. The molecule has 2 unspecified atom stereocenters. The normalized spacial score (nSPS) is 9.65. The van der Waals surface area contributed by atoms with Crippen molar-refractivity contribution in [2.24, 2.45) is 11.5 Å². The van der Waals surface area contributed by atoms with Crippen LogP contribution in [0.4, 0.5) is 0 Å². The molecular formula is C11H29N2O4S5Y-. The van der Waals surface area contributed by atoms with Crippen LogP contribution in [0, 0.1) is 0 Å². The summed E-state index contributed by atoms with van der Waals surface area (Å²) in [7, 11) is 0. The Morgan fingerprint density at radius 1 is 1.17 bits per heavy atom. The van der Waals surface area contributed by atoms with Gasteiger partial charge in [0.25, 0.3) is 0 Å². The van der Waals surface area contributed by atoms with Crippen LogP contribution in [0.5, 0.6) is 0 Å². The van der Waals surface area contributed by atoms with Crippen LogP contribution in [-0.2, 0) is 42.3 Å². The zero-order valence-corrected chi connectivity index (χ0v) is 19.8. The predicted octanol–water partition coefficient (Wildman–Crippen LogP) is 1.26. The molecule has 0 heterocycles. The van der Waals surface area contributed by atoms with Crippen molar-refractivity contribution in [3.8, 4) is 0 Å². The van der Waals surface area contributed by atoms with Gasteiger partial charge in [-0.3, -0.25) is 9.59 Å². The molecule has 141 valence electrons. The Bertz CT molecular complexity index is 244. The first kappa shape index (κ1) is 44.2. The molecule has 0 rings (SSSR count). The van der Waals surface area contributed by atoms with E-state index in [-0.39, 0.29) is 59.4 Å². The molecule has 0 fully saturated rings. The van der Waals surface area contributed by atoms with Gasteiger partial charge in [-0.15, -0.1) is 0 Å². The molecule has 0 amide bonds. The predicted molar refractivity (Wildman–Crippen MR) is 114 cm³/mol. The van der Waals surface area contributed by atoms with Gasteiger partial charge in [0.2, 0.25) is 0 Å². The third kappa shape index (κ3) is 45.2. The van der Waals surface area contributed by atoms with Gasteiger partial charge >= 0.3 is 11.9 Å². The molecule has 0 aliphatic carbocycles. The van der Waals surface area contributed by atoms with E-state index in [1.54, 1.807) is 18.0 Å². The fourth-order valence-electron chi connectivity index (χ4n) is 0.446. The third-order valence-electron chi connectivity index (χ3n) is 1.46. The molecule has 0 bridgehead atoms. The first-order valence-electron chi connectivity index (χ1n) is 5.11. The van der Waals surface area contributed by atoms with Gasteiger partial charge in [-0.2, -0.15) is 50.5 Å². The minimum Gasteiger partial charge on any atom is -0.480 e. The largest absolute Gasteiger partial charge is 0.480 e. The summed E-state index contributed by atoms with van der Waals surface area (Å²) in [6.07, 6.45) is 4.17. The molecule has 6 N–H and O–H groups in total. The summed E-state index contributed by atoms with van der Waals surface area (Å²) >= 11 is 12.4. The maximum absolute atomic E-state index is 10.1. The van der Waals surface area contributed by atoms with Crippen molar-refractivity contribution in [1.29, 1.82) is 0 Å². The van der Waals surface area contributed by atoms with Crippen LogP contribution >= 0.6 is 62.7 Å². The number of carboxylic acid groups (broad SMARTS) is 2. The molecule has 1 radical (unpaired) electrons. The average molecular weight is 503 g/mol. The first-order chi connectivity index (χ1) is 9.36. The van der Waals surface area contributed by atoms with Crippen molar-refractivity contribution in [1.82, 2.24) is 0 Å². The van der Waals surface area contributed by atoms with E-state index < -0.39 is 24.0 Å². The van der Waals surface area contributed by atoms with Crippen molar-refractivity contribution in [3.63, 3.8) is 0 Å². The fraction of sp³-hybridized carbons (Fsp3) is 0.727. The molecular weight excluding hydrogens is 473 g/mol. The Balaban J connectivity index is -0.0000000333. The van der Waals surface area contributed by atoms with Gasteiger partial charge in [-0.1, -0.05) is 7.43 Å². The summed E-state index contributed by atoms with van der Waals surface area (Å²) in [6.45, 7) is 0. The Labute approximate surface area is 192 Å². The smallest absolute Gasteiger partial charge is 0.321 e. The molecule has 0 aliphatic rings. The molecule has 2 atom stereocenters. The van der Waals surface area contributed by atoms with E-state index in [4.69, 9.17) is 21.7 Å². The molecule has 6 nitrogen and oxygen atoms in total. The SMILES string of the molecule is C.CS.CSCCC(N)C(=O)O.NC(CS)C(=O)O.S.[CH-]=S.[Y]. The second kappa shape index (κ2) is 38.8. The van der Waals surface area contributed by atoms with Crippen LogP contribution in [0.15, 0.2) is 0 Å². The monoisotopic (exact) mass is 502 g/mol. The molecule has 23 heavy (non-hydrogen) atoms. The number of carbonyl (C=O) groups is 2. The van der Waals surface area contributed by atoms with Crippen molar-refractivity contribution < 1.29 is 52.5 Å². The Hall–Kier alpha value is 1.45. The van der Waals surface area contributed by atoms with E-state index >= 15 is 0 Å². The van der Waals surface area contributed by atoms with Gasteiger partial charge in [0.1, 0.15) is 12.1 Å². The van der Waals surface area contributed by atoms with Crippen molar-refractivity contribution in [3.05, 3.63) is 0 Å². The molecule has 0 aromatic heterocycles. The Morgan fingerprint density at radius 3 is 1.61 bits per heavy atom. The number of rotatable bonds is 6. The maximum atomic E-state index is 10.1. The summed E-state index contributed by atoms with van der Waals surface area (Å²) < 4.78 is 0. The van der Waals surface area contributed by atoms with E-state index in [0.29, 0.717) is 6.42 Å². The summed E-state index contributed by atoms with van der Waals surface area (Å²) in [5, 5.41) is 16.3. The number of nitrogens with two attached hydrogens (primary N) is 2. The number of thiocarbonyl (C=S) groups is 1. The number of aliphatic carboxylic acids is 2. The summed E-state index contributed by atoms with van der Waals surface area (Å²) in [4.78, 5) is 19.8. The van der Waals surface area contributed by atoms with Crippen LogP contribution in [0.3, 0.4) is 0 Å². The van der Waals surface area contributed by atoms with Gasteiger partial charge in [0, 0.05) is 38.5 Å². The number of carboxylic acids is 2. The van der Waals surface area contributed by atoms with Crippen molar-refractivity contribution >= 4 is 80.5 Å². The topological polar surface area (TPSA) is 127 Å². The minimum atomic E-state index is -1.00. The number of thioether (sulfide) groups is 1. The summed E-state index contributed by atoms with van der Waals surface area (Å²) in [5.41, 5.74) is 10.1. The van der Waals surface area contributed by atoms with Gasteiger partial charge in [0.05, 0.1) is 0 Å². The van der Waals surface area contributed by atoms with Gasteiger partial charge in [-0.05, 0) is 24.7 Å². The summed E-state index contributed by atoms with van der Waals surface area (Å²) in [5.74, 6) is 3.17. The molecule has 0 aromatic carbocycles. The number of hydrogen-bond donors (Lipinski definition) is 6. The van der Waals surface area contributed by atoms with Crippen LogP contribution in [0.2, 0.25) is 0 Å². The van der Waals surface area contributed by atoms with Crippen LogP contribution < -0.4 is 11.5 Å². The quantitative estimate of drug-likeness (QED) is 0.182. The Kier molecular flexibility index (Phi) is 74.5. The second-order valence-corrected chi connectivity index (χ2v) is 4.20.